The number of alkyl halides is 1. The number of carboxylic acids is 1. The van der Waals surface area contributed by atoms with Crippen molar-refractivity contribution in [2.75, 3.05) is 37.2 Å². The maximum Gasteiger partial charge on any atom is 0.353 e. The van der Waals surface area contributed by atoms with Gasteiger partial charge in [-0.1, -0.05) is 32.4 Å². The molecule has 166 valence electrons. The second-order valence-corrected chi connectivity index (χ2v) is 9.08. The number of carbonyl (C=O) groups excluding carboxylic acids is 3. The Labute approximate surface area is 192 Å². The molecule has 1 unspecified atom stereocenters. The Morgan fingerprint density at radius 2 is 2.10 bits per heavy atom. The molecule has 2 aliphatic rings. The number of thioether (sulfide) groups is 1. The van der Waals surface area contributed by atoms with Crippen LogP contribution in [-0.2, 0) is 24.0 Å². The number of hydrogen-bond donors (Lipinski definition) is 2. The van der Waals surface area contributed by atoms with Crippen molar-refractivity contribution < 1.29 is 29.1 Å². The molecule has 1 saturated heterocycles. The maximum absolute atomic E-state index is 12.8. The molecule has 31 heavy (non-hydrogen) atoms. The first kappa shape index (κ1) is 23.1. The number of hydrogen-bond acceptors (Lipinski definition) is 11. The third kappa shape index (κ3) is 4.29. The fourth-order valence-electron chi connectivity index (χ4n) is 2.88. The van der Waals surface area contributed by atoms with E-state index in [-0.39, 0.29) is 16.8 Å². The normalized spacial score (nSPS) is 20.7. The highest BCUT2D eigenvalue weighted by Gasteiger charge is 2.55. The molecular formula is C16H17BrN6O6S2. The Balaban J connectivity index is 1.85. The van der Waals surface area contributed by atoms with Crippen LogP contribution in [0.3, 0.4) is 0 Å². The number of amides is 2. The number of aromatic nitrogens is 2. The molecule has 0 saturated carbocycles. The number of nitrogens with one attached hydrogen (secondary N) is 1. The minimum Gasteiger partial charge on any atom is -0.477 e. The van der Waals surface area contributed by atoms with Crippen molar-refractivity contribution in [1.29, 1.82) is 0 Å². The van der Waals surface area contributed by atoms with E-state index in [9.17, 15) is 24.3 Å². The van der Waals surface area contributed by atoms with Crippen LogP contribution in [0.2, 0.25) is 0 Å². The van der Waals surface area contributed by atoms with Gasteiger partial charge in [0.2, 0.25) is 16.6 Å². The summed E-state index contributed by atoms with van der Waals surface area (Å²) in [5, 5.41) is 23.9. The van der Waals surface area contributed by atoms with E-state index >= 15 is 0 Å². The summed E-state index contributed by atoms with van der Waals surface area (Å²) in [6.07, 6.45) is 0. The summed E-state index contributed by atoms with van der Waals surface area (Å²) in [6, 6.07) is -1.01. The Kier molecular flexibility index (Phi) is 6.96. The lowest BCUT2D eigenvalue weighted by Gasteiger charge is -2.49. The summed E-state index contributed by atoms with van der Waals surface area (Å²) in [7, 11) is 4.76. The number of carboxylic acid groups (broad SMARTS) is 1. The van der Waals surface area contributed by atoms with E-state index in [0.717, 1.165) is 4.90 Å². The first-order valence-corrected chi connectivity index (χ1v) is 11.6. The highest BCUT2D eigenvalue weighted by molar-refractivity contribution is 9.09. The van der Waals surface area contributed by atoms with Gasteiger partial charge in [0, 0.05) is 25.4 Å². The minimum absolute atomic E-state index is 0.155. The molecule has 2 N–H and O–H groups in total. The second kappa shape index (κ2) is 9.32. The molecule has 0 bridgehead atoms. The molecule has 1 aromatic rings. The molecule has 0 aromatic carbocycles. The zero-order valence-electron chi connectivity index (χ0n) is 16.5. The van der Waals surface area contributed by atoms with Crippen LogP contribution in [0.15, 0.2) is 10.9 Å². The number of Topliss-reactive ketones (excluding diaryl/α,β-unsaturated/α-hetero) is 1. The number of aliphatic carboxylic acids is 1. The zero-order chi connectivity index (χ0) is 22.9. The number of fused-ring (bicyclic) bond motifs is 1. The quantitative estimate of drug-likeness (QED) is 0.151. The van der Waals surface area contributed by atoms with E-state index in [1.807, 2.05) is 0 Å². The molecule has 3 rings (SSSR count). The predicted octanol–water partition coefficient (Wildman–Crippen LogP) is -0.234. The molecule has 12 nitrogen and oxygen atoms in total. The van der Waals surface area contributed by atoms with E-state index in [0.29, 0.717) is 15.7 Å². The highest BCUT2D eigenvalue weighted by atomic mass is 79.9. The maximum atomic E-state index is 12.8. The monoisotopic (exact) mass is 532 g/mol. The lowest BCUT2D eigenvalue weighted by molar-refractivity contribution is -0.149. The molecule has 2 amide bonds. The molecule has 0 spiro atoms. The van der Waals surface area contributed by atoms with Gasteiger partial charge in [0.15, 0.2) is 0 Å². The molecule has 2 aliphatic heterocycles. The summed E-state index contributed by atoms with van der Waals surface area (Å²) < 4.78 is 0. The summed E-state index contributed by atoms with van der Waals surface area (Å²) in [4.78, 5) is 56.4. The average molecular weight is 533 g/mol. The number of ketones is 1. The number of nitrogens with zero attached hydrogens (tertiary/aromatic N) is 5. The van der Waals surface area contributed by atoms with Gasteiger partial charge >= 0.3 is 5.97 Å². The first-order valence-electron chi connectivity index (χ1n) is 8.64. The topological polar surface area (TPSA) is 154 Å². The lowest BCUT2D eigenvalue weighted by Crippen LogP contribution is -2.71. The van der Waals surface area contributed by atoms with Gasteiger partial charge in [-0.15, -0.1) is 22.0 Å². The highest BCUT2D eigenvalue weighted by Crippen LogP contribution is 2.44. The van der Waals surface area contributed by atoms with Crippen molar-refractivity contribution in [3.63, 3.8) is 0 Å². The smallest absolute Gasteiger partial charge is 0.353 e. The molecule has 3 heterocycles. The SMILES string of the molecule is CON=C(C(=O)CBr)C(=O)NC1C(=O)N2C(C(=O)O)=C(c3nnc(N(C)C)s3)CS[C@H]12. The van der Waals surface area contributed by atoms with E-state index in [1.165, 1.54) is 30.2 Å². The summed E-state index contributed by atoms with van der Waals surface area (Å²) >= 11 is 5.44. The van der Waals surface area contributed by atoms with Gasteiger partial charge < -0.3 is 20.2 Å². The van der Waals surface area contributed by atoms with Crippen molar-refractivity contribution in [2.24, 2.45) is 5.16 Å². The number of β-lactam (4-membered cyclic amide) rings is 1. The summed E-state index contributed by atoms with van der Waals surface area (Å²) in [5.41, 5.74) is -0.303. The average Bonchev–Trinajstić information content (AvgIpc) is 3.24. The van der Waals surface area contributed by atoms with Crippen molar-refractivity contribution in [2.45, 2.75) is 11.4 Å². The Bertz CT molecular complexity index is 1010. The molecule has 1 aromatic heterocycles. The van der Waals surface area contributed by atoms with E-state index in [4.69, 9.17) is 0 Å². The van der Waals surface area contributed by atoms with Gasteiger partial charge in [-0.05, 0) is 0 Å². The second-order valence-electron chi connectivity index (χ2n) is 6.46. The van der Waals surface area contributed by atoms with Crippen LogP contribution in [0.25, 0.3) is 5.57 Å². The third-order valence-corrected chi connectivity index (χ3v) is 7.24. The van der Waals surface area contributed by atoms with Crippen LogP contribution in [0.5, 0.6) is 0 Å². The van der Waals surface area contributed by atoms with Crippen molar-refractivity contribution in [3.8, 4) is 0 Å². The fraction of sp³-hybridized carbons (Fsp3) is 0.438. The van der Waals surface area contributed by atoms with Gasteiger partial charge in [0.1, 0.15) is 29.2 Å². The van der Waals surface area contributed by atoms with E-state index < -0.39 is 40.7 Å². The van der Waals surface area contributed by atoms with Crippen LogP contribution in [0, 0.1) is 0 Å². The Hall–Kier alpha value is -2.52. The molecule has 15 heteroatoms. The Morgan fingerprint density at radius 1 is 1.39 bits per heavy atom. The number of halogens is 1. The lowest BCUT2D eigenvalue weighted by atomic mass is 10.0. The Morgan fingerprint density at radius 3 is 2.65 bits per heavy atom. The molecule has 2 atom stereocenters. The summed E-state index contributed by atoms with van der Waals surface area (Å²) in [6.45, 7) is 0. The van der Waals surface area contributed by atoms with Gasteiger partial charge in [-0.25, -0.2) is 4.79 Å². The molecular weight excluding hydrogens is 516 g/mol. The fourth-order valence-corrected chi connectivity index (χ4v) is 5.40. The molecule has 1 fully saturated rings. The van der Waals surface area contributed by atoms with Crippen molar-refractivity contribution >= 4 is 79.0 Å². The van der Waals surface area contributed by atoms with Crippen LogP contribution < -0.4 is 10.2 Å². The number of anilines is 1. The van der Waals surface area contributed by atoms with Crippen LogP contribution in [-0.4, -0.2) is 93.2 Å². The standard InChI is InChI=1S/C16H17BrN6O6S2/c1-22(2)16-20-19-12(31-16)6-5-30-14-9(13(26)23(14)10(6)15(27)28)18-11(25)8(21-29-3)7(24)4-17/h9,14H,4-5H2,1-3H3,(H,18,25)(H,27,28)/t9?,14-/m1/s1. The van der Waals surface area contributed by atoms with Gasteiger partial charge in [0.05, 0.1) is 5.33 Å². The van der Waals surface area contributed by atoms with Crippen LogP contribution >= 0.6 is 39.0 Å². The van der Waals surface area contributed by atoms with Crippen LogP contribution in [0.1, 0.15) is 5.01 Å². The van der Waals surface area contributed by atoms with Gasteiger partial charge in [0.25, 0.3) is 11.8 Å². The largest absolute Gasteiger partial charge is 0.477 e. The van der Waals surface area contributed by atoms with Crippen molar-refractivity contribution in [1.82, 2.24) is 20.4 Å². The molecule has 0 radical (unpaired) electrons. The van der Waals surface area contributed by atoms with Gasteiger partial charge in [-0.2, -0.15) is 0 Å². The van der Waals surface area contributed by atoms with Crippen molar-refractivity contribution in [3.05, 3.63) is 10.7 Å². The summed E-state index contributed by atoms with van der Waals surface area (Å²) in [5.74, 6) is -3.14. The minimum atomic E-state index is -1.28. The molecule has 0 aliphatic carbocycles. The van der Waals surface area contributed by atoms with E-state index in [2.05, 4.69) is 41.4 Å². The van der Waals surface area contributed by atoms with Gasteiger partial charge in [-0.3, -0.25) is 19.3 Å². The van der Waals surface area contributed by atoms with E-state index in [1.54, 1.807) is 19.0 Å². The first-order chi connectivity index (χ1) is 14.7. The number of rotatable bonds is 8. The zero-order valence-corrected chi connectivity index (χ0v) is 19.7. The number of carbonyl (C=O) groups is 4. The number of oxime groups is 1. The predicted molar refractivity (Wildman–Crippen MR) is 117 cm³/mol. The van der Waals surface area contributed by atoms with Crippen LogP contribution in [0.4, 0.5) is 5.13 Å². The third-order valence-electron chi connectivity index (χ3n) is 4.30.